The highest BCUT2D eigenvalue weighted by molar-refractivity contribution is 5.78. The predicted octanol–water partition coefficient (Wildman–Crippen LogP) is 3.23. The zero-order valence-corrected chi connectivity index (χ0v) is 18.9. The van der Waals surface area contributed by atoms with Gasteiger partial charge in [-0.15, -0.1) is 0 Å². The third kappa shape index (κ3) is 5.03. The van der Waals surface area contributed by atoms with Crippen LogP contribution in [-0.2, 0) is 11.2 Å². The maximum absolute atomic E-state index is 13.1. The molecule has 2 aliphatic rings. The summed E-state index contributed by atoms with van der Waals surface area (Å²) < 4.78 is 0. The lowest BCUT2D eigenvalue weighted by atomic mass is 9.74. The molecule has 5 heteroatoms. The number of aromatic nitrogens is 1. The van der Waals surface area contributed by atoms with Gasteiger partial charge in [0, 0.05) is 55.0 Å². The molecule has 0 saturated carbocycles. The minimum absolute atomic E-state index is 0.114. The van der Waals surface area contributed by atoms with E-state index < -0.39 is 0 Å². The molecule has 2 aliphatic heterocycles. The van der Waals surface area contributed by atoms with Crippen LogP contribution < -0.4 is 0 Å². The van der Waals surface area contributed by atoms with Gasteiger partial charge in [0.05, 0.1) is 13.0 Å². The number of carbonyl (C=O) groups is 1. The zero-order chi connectivity index (χ0) is 22.3. The Labute approximate surface area is 191 Å². The van der Waals surface area contributed by atoms with E-state index in [0.29, 0.717) is 13.0 Å². The number of carbonyl (C=O) groups excluding carboxylic acids is 1. The summed E-state index contributed by atoms with van der Waals surface area (Å²) in [5.41, 5.74) is 3.07. The van der Waals surface area contributed by atoms with E-state index in [9.17, 15) is 9.90 Å². The van der Waals surface area contributed by atoms with Gasteiger partial charge in [0.15, 0.2) is 0 Å². The van der Waals surface area contributed by atoms with Crippen molar-refractivity contribution in [1.29, 1.82) is 0 Å². The molecule has 1 amide bonds. The smallest absolute Gasteiger partial charge is 0.228 e. The van der Waals surface area contributed by atoms with Crippen LogP contribution in [0, 0.1) is 11.8 Å². The van der Waals surface area contributed by atoms with Gasteiger partial charge in [-0.3, -0.25) is 14.7 Å². The first-order chi connectivity index (χ1) is 15.7. The van der Waals surface area contributed by atoms with E-state index in [2.05, 4.69) is 52.9 Å². The second kappa shape index (κ2) is 10.8. The molecular weight excluding hydrogens is 398 g/mol. The van der Waals surface area contributed by atoms with Crippen molar-refractivity contribution in [3.8, 4) is 11.8 Å². The highest BCUT2D eigenvalue weighted by atomic mass is 16.3. The SMILES string of the molecule is CCCC#Cc1ccc([C@H]2[C@@H](CO)N3CCCCN(C(=O)Cc4ccccn4)C[C@H]23)cc1. The van der Waals surface area contributed by atoms with E-state index >= 15 is 0 Å². The van der Waals surface area contributed by atoms with Crippen molar-refractivity contribution < 1.29 is 9.90 Å². The summed E-state index contributed by atoms with van der Waals surface area (Å²) >= 11 is 0. The first-order valence-corrected chi connectivity index (χ1v) is 11.8. The van der Waals surface area contributed by atoms with E-state index in [1.165, 1.54) is 5.56 Å². The Morgan fingerprint density at radius 3 is 2.69 bits per heavy atom. The number of benzene rings is 1. The third-order valence-electron chi connectivity index (χ3n) is 6.68. The number of hydrogen-bond donors (Lipinski definition) is 1. The number of aliphatic hydroxyl groups is 1. The lowest BCUT2D eigenvalue weighted by Gasteiger charge is -2.57. The van der Waals surface area contributed by atoms with Gasteiger partial charge in [0.25, 0.3) is 0 Å². The fraction of sp³-hybridized carbons (Fsp3) is 0.481. The normalized spacial score (nSPS) is 23.2. The van der Waals surface area contributed by atoms with Crippen molar-refractivity contribution in [2.75, 3.05) is 26.2 Å². The van der Waals surface area contributed by atoms with Crippen molar-refractivity contribution in [3.63, 3.8) is 0 Å². The molecule has 1 N–H and O–H groups in total. The Morgan fingerprint density at radius 2 is 1.97 bits per heavy atom. The molecule has 2 saturated heterocycles. The quantitative estimate of drug-likeness (QED) is 0.739. The van der Waals surface area contributed by atoms with Gasteiger partial charge in [0.1, 0.15) is 0 Å². The van der Waals surface area contributed by atoms with E-state index in [4.69, 9.17) is 0 Å². The Balaban J connectivity index is 1.50. The lowest BCUT2D eigenvalue weighted by molar-refractivity contribution is -0.135. The van der Waals surface area contributed by atoms with Gasteiger partial charge in [0.2, 0.25) is 5.91 Å². The topological polar surface area (TPSA) is 56.7 Å². The summed E-state index contributed by atoms with van der Waals surface area (Å²) in [6.45, 7) is 4.74. The van der Waals surface area contributed by atoms with Gasteiger partial charge in [-0.2, -0.15) is 0 Å². The molecule has 2 fully saturated rings. The number of amides is 1. The molecule has 32 heavy (non-hydrogen) atoms. The first kappa shape index (κ1) is 22.5. The minimum Gasteiger partial charge on any atom is -0.395 e. The number of aliphatic hydroxyl groups excluding tert-OH is 1. The van der Waals surface area contributed by atoms with E-state index in [1.54, 1.807) is 6.20 Å². The second-order valence-electron chi connectivity index (χ2n) is 8.80. The number of pyridine rings is 1. The summed E-state index contributed by atoms with van der Waals surface area (Å²) in [4.78, 5) is 21.8. The Hall–Kier alpha value is -2.68. The molecule has 0 spiro atoms. The van der Waals surface area contributed by atoms with E-state index in [0.717, 1.165) is 50.0 Å². The van der Waals surface area contributed by atoms with Crippen LogP contribution in [-0.4, -0.2) is 64.1 Å². The molecular formula is C27H33N3O2. The van der Waals surface area contributed by atoms with Crippen LogP contribution >= 0.6 is 0 Å². The van der Waals surface area contributed by atoms with Crippen molar-refractivity contribution >= 4 is 5.91 Å². The molecule has 3 atom stereocenters. The van der Waals surface area contributed by atoms with Gasteiger partial charge in [-0.05, 0) is 55.6 Å². The summed E-state index contributed by atoms with van der Waals surface area (Å²) in [7, 11) is 0. The number of hydrogen-bond acceptors (Lipinski definition) is 4. The molecule has 0 bridgehead atoms. The molecule has 1 aromatic heterocycles. The van der Waals surface area contributed by atoms with Crippen molar-refractivity contribution in [3.05, 3.63) is 65.5 Å². The van der Waals surface area contributed by atoms with Crippen LogP contribution in [0.4, 0.5) is 0 Å². The summed E-state index contributed by atoms with van der Waals surface area (Å²) in [5.74, 6) is 6.78. The average Bonchev–Trinajstić information content (AvgIpc) is 2.80. The van der Waals surface area contributed by atoms with E-state index in [-0.39, 0.29) is 30.5 Å². The van der Waals surface area contributed by atoms with Crippen LogP contribution in [0.15, 0.2) is 48.7 Å². The Morgan fingerprint density at radius 1 is 1.16 bits per heavy atom. The summed E-state index contributed by atoms with van der Waals surface area (Å²) in [6, 6.07) is 14.5. The maximum Gasteiger partial charge on any atom is 0.228 e. The van der Waals surface area contributed by atoms with Gasteiger partial charge in [-0.25, -0.2) is 0 Å². The largest absolute Gasteiger partial charge is 0.395 e. The molecule has 3 heterocycles. The summed E-state index contributed by atoms with van der Waals surface area (Å²) in [6.07, 6.45) is 6.09. The maximum atomic E-state index is 13.1. The molecule has 4 rings (SSSR count). The van der Waals surface area contributed by atoms with Crippen LogP contribution in [0.5, 0.6) is 0 Å². The molecule has 0 radical (unpaired) electrons. The lowest BCUT2D eigenvalue weighted by Crippen LogP contribution is -2.68. The highest BCUT2D eigenvalue weighted by Crippen LogP contribution is 2.42. The van der Waals surface area contributed by atoms with Crippen LogP contribution in [0.25, 0.3) is 0 Å². The Kier molecular flexibility index (Phi) is 7.57. The standard InChI is InChI=1S/C27H33N3O2/c1-2-3-4-9-21-11-13-22(14-12-21)27-24-19-29(16-7-8-17-30(24)25(27)20-31)26(32)18-23-10-5-6-15-28-23/h5-6,10-15,24-25,27,31H,2-3,7-8,16-20H2,1H3/t24-,25-,27-/m1/s1. The highest BCUT2D eigenvalue weighted by Gasteiger charge is 2.49. The fourth-order valence-corrected chi connectivity index (χ4v) is 5.01. The zero-order valence-electron chi connectivity index (χ0n) is 18.9. The van der Waals surface area contributed by atoms with Crippen LogP contribution in [0.3, 0.4) is 0 Å². The van der Waals surface area contributed by atoms with Crippen molar-refractivity contribution in [1.82, 2.24) is 14.8 Å². The molecule has 168 valence electrons. The second-order valence-corrected chi connectivity index (χ2v) is 8.80. The van der Waals surface area contributed by atoms with Crippen LogP contribution in [0.1, 0.15) is 55.3 Å². The molecule has 2 aromatic rings. The average molecular weight is 432 g/mol. The summed E-state index contributed by atoms with van der Waals surface area (Å²) in [5, 5.41) is 10.1. The Bertz CT molecular complexity index is 948. The van der Waals surface area contributed by atoms with Crippen molar-refractivity contribution in [2.45, 2.75) is 57.0 Å². The van der Waals surface area contributed by atoms with Gasteiger partial charge >= 0.3 is 0 Å². The predicted molar refractivity (Wildman–Crippen MR) is 126 cm³/mol. The molecule has 0 aliphatic carbocycles. The number of fused-ring (bicyclic) bond motifs is 1. The molecule has 5 nitrogen and oxygen atoms in total. The van der Waals surface area contributed by atoms with Crippen molar-refractivity contribution in [2.24, 2.45) is 0 Å². The monoisotopic (exact) mass is 431 g/mol. The fourth-order valence-electron chi connectivity index (χ4n) is 5.01. The van der Waals surface area contributed by atoms with Gasteiger partial charge in [-0.1, -0.05) is 37.0 Å². The molecule has 1 aromatic carbocycles. The minimum atomic E-state index is 0.114. The first-order valence-electron chi connectivity index (χ1n) is 11.8. The van der Waals surface area contributed by atoms with Crippen LogP contribution in [0.2, 0.25) is 0 Å². The third-order valence-corrected chi connectivity index (χ3v) is 6.68. The molecule has 0 unspecified atom stereocenters. The number of nitrogens with zero attached hydrogens (tertiary/aromatic N) is 3. The number of unbranched alkanes of at least 4 members (excludes halogenated alkanes) is 1. The van der Waals surface area contributed by atoms with E-state index in [1.807, 2.05) is 23.1 Å². The van der Waals surface area contributed by atoms with Gasteiger partial charge < -0.3 is 10.0 Å². The number of rotatable bonds is 5.